The molecule has 86 valence electrons. The molecule has 4 heteroatoms. The lowest BCUT2D eigenvalue weighted by Crippen LogP contribution is -2.17. The number of para-hydroxylation sites is 1. The Morgan fingerprint density at radius 2 is 2.25 bits per heavy atom. The molecule has 0 saturated carbocycles. The molecule has 1 aromatic carbocycles. The Kier molecular flexibility index (Phi) is 3.88. The summed E-state index contributed by atoms with van der Waals surface area (Å²) in [4.78, 5) is 4.46. The van der Waals surface area contributed by atoms with Gasteiger partial charge in [0.2, 0.25) is 0 Å². The smallest absolute Gasteiger partial charge is 0.0965 e. The van der Waals surface area contributed by atoms with Gasteiger partial charge < -0.3 is 9.84 Å². The maximum Gasteiger partial charge on any atom is 0.0965 e. The molecule has 1 aromatic heterocycles. The number of thiazole rings is 1. The molecular formula is C12H15NO2S. The summed E-state index contributed by atoms with van der Waals surface area (Å²) < 4.78 is 6.34. The fourth-order valence-electron chi connectivity index (χ4n) is 1.52. The Hall–Kier alpha value is -0.970. The molecular weight excluding hydrogens is 222 g/mol. The summed E-state index contributed by atoms with van der Waals surface area (Å²) >= 11 is 1.63. The fraction of sp³-hybridized carbons (Fsp3) is 0.417. The molecule has 0 aliphatic heterocycles. The summed E-state index contributed by atoms with van der Waals surface area (Å²) in [6.07, 6.45) is 0.111. The zero-order chi connectivity index (χ0) is 11.4. The predicted molar refractivity (Wildman–Crippen MR) is 65.8 cm³/mol. The van der Waals surface area contributed by atoms with E-state index in [1.807, 2.05) is 31.2 Å². The van der Waals surface area contributed by atoms with Gasteiger partial charge in [-0.05, 0) is 19.1 Å². The van der Waals surface area contributed by atoms with E-state index < -0.39 is 6.10 Å². The predicted octanol–water partition coefficient (Wildman–Crippen LogP) is 2.24. The molecule has 0 aliphatic rings. The lowest BCUT2D eigenvalue weighted by Gasteiger charge is -2.07. The van der Waals surface area contributed by atoms with Gasteiger partial charge in [-0.2, -0.15) is 0 Å². The van der Waals surface area contributed by atoms with Crippen molar-refractivity contribution in [3.05, 3.63) is 29.3 Å². The van der Waals surface area contributed by atoms with Crippen LogP contribution in [0.3, 0.4) is 0 Å². The van der Waals surface area contributed by atoms with E-state index in [4.69, 9.17) is 4.74 Å². The van der Waals surface area contributed by atoms with Crippen molar-refractivity contribution in [2.75, 3.05) is 13.2 Å². The van der Waals surface area contributed by atoms with Crippen LogP contribution in [0.4, 0.5) is 0 Å². The van der Waals surface area contributed by atoms with Crippen molar-refractivity contribution < 1.29 is 9.84 Å². The molecule has 0 bridgehead atoms. The normalized spacial score (nSPS) is 13.1. The van der Waals surface area contributed by atoms with Crippen LogP contribution in [0.15, 0.2) is 24.3 Å². The maximum atomic E-state index is 9.70. The topological polar surface area (TPSA) is 42.4 Å². The first-order chi connectivity index (χ1) is 7.79. The highest BCUT2D eigenvalue weighted by molar-refractivity contribution is 7.18. The quantitative estimate of drug-likeness (QED) is 0.867. The van der Waals surface area contributed by atoms with Crippen molar-refractivity contribution in [1.29, 1.82) is 0 Å². The van der Waals surface area contributed by atoms with Crippen LogP contribution in [0.1, 0.15) is 11.9 Å². The standard InChI is InChI=1S/C12H15NO2S/c1-2-15-8-9(14)7-12-13-10-5-3-4-6-11(10)16-12/h3-6,9,14H,2,7-8H2,1H3. The van der Waals surface area contributed by atoms with Crippen LogP contribution in [-0.2, 0) is 11.2 Å². The van der Waals surface area contributed by atoms with Crippen LogP contribution >= 0.6 is 11.3 Å². The number of nitrogens with zero attached hydrogens (tertiary/aromatic N) is 1. The van der Waals surface area contributed by atoms with Crippen molar-refractivity contribution in [3.8, 4) is 0 Å². The molecule has 2 rings (SSSR count). The zero-order valence-corrected chi connectivity index (χ0v) is 10.0. The van der Waals surface area contributed by atoms with Gasteiger partial charge in [0.25, 0.3) is 0 Å². The third-order valence-electron chi connectivity index (χ3n) is 2.26. The molecule has 1 unspecified atom stereocenters. The highest BCUT2D eigenvalue weighted by atomic mass is 32.1. The molecule has 0 spiro atoms. The number of fused-ring (bicyclic) bond motifs is 1. The highest BCUT2D eigenvalue weighted by Gasteiger charge is 2.09. The molecule has 1 heterocycles. The summed E-state index contributed by atoms with van der Waals surface area (Å²) in [6.45, 7) is 2.94. The lowest BCUT2D eigenvalue weighted by molar-refractivity contribution is 0.0430. The number of aliphatic hydroxyl groups is 1. The average Bonchev–Trinajstić information content (AvgIpc) is 2.68. The van der Waals surface area contributed by atoms with Gasteiger partial charge in [-0.15, -0.1) is 11.3 Å². The molecule has 0 fully saturated rings. The van der Waals surface area contributed by atoms with Crippen molar-refractivity contribution in [1.82, 2.24) is 4.98 Å². The average molecular weight is 237 g/mol. The van der Waals surface area contributed by atoms with E-state index in [1.165, 1.54) is 4.70 Å². The van der Waals surface area contributed by atoms with Crippen molar-refractivity contribution in [3.63, 3.8) is 0 Å². The monoisotopic (exact) mass is 237 g/mol. The van der Waals surface area contributed by atoms with Crippen LogP contribution in [0.5, 0.6) is 0 Å². The number of aliphatic hydroxyl groups excluding tert-OH is 1. The molecule has 0 radical (unpaired) electrons. The SMILES string of the molecule is CCOCC(O)Cc1nc2ccccc2s1. The molecule has 2 aromatic rings. The summed E-state index contributed by atoms with van der Waals surface area (Å²) in [6, 6.07) is 8.01. The lowest BCUT2D eigenvalue weighted by atomic mass is 10.3. The molecule has 0 saturated heterocycles. The van der Waals surface area contributed by atoms with Crippen LogP contribution in [0.25, 0.3) is 10.2 Å². The van der Waals surface area contributed by atoms with E-state index in [0.29, 0.717) is 19.6 Å². The maximum absolute atomic E-state index is 9.70. The van der Waals surface area contributed by atoms with E-state index in [0.717, 1.165) is 10.5 Å². The Bertz CT molecular complexity index is 422. The van der Waals surface area contributed by atoms with Crippen molar-refractivity contribution in [2.24, 2.45) is 0 Å². The van der Waals surface area contributed by atoms with Gasteiger partial charge in [-0.25, -0.2) is 4.98 Å². The molecule has 16 heavy (non-hydrogen) atoms. The van der Waals surface area contributed by atoms with Crippen LogP contribution < -0.4 is 0 Å². The number of ether oxygens (including phenoxy) is 1. The Morgan fingerprint density at radius 3 is 3.00 bits per heavy atom. The second-order valence-corrected chi connectivity index (χ2v) is 4.71. The number of hydrogen-bond acceptors (Lipinski definition) is 4. The third kappa shape index (κ3) is 2.78. The summed E-state index contributed by atoms with van der Waals surface area (Å²) in [7, 11) is 0. The minimum absolute atomic E-state index is 0.381. The van der Waals surface area contributed by atoms with Crippen LogP contribution in [-0.4, -0.2) is 29.4 Å². The zero-order valence-electron chi connectivity index (χ0n) is 9.22. The van der Waals surface area contributed by atoms with Crippen LogP contribution in [0.2, 0.25) is 0 Å². The van der Waals surface area contributed by atoms with Gasteiger partial charge in [0.05, 0.1) is 27.9 Å². The van der Waals surface area contributed by atoms with Gasteiger partial charge in [-0.3, -0.25) is 0 Å². The van der Waals surface area contributed by atoms with Crippen LogP contribution in [0, 0.1) is 0 Å². The minimum atomic E-state index is -0.458. The Morgan fingerprint density at radius 1 is 1.44 bits per heavy atom. The summed E-state index contributed by atoms with van der Waals surface area (Å²) in [5.41, 5.74) is 1.01. The van der Waals surface area contributed by atoms with Gasteiger partial charge >= 0.3 is 0 Å². The van der Waals surface area contributed by atoms with E-state index in [9.17, 15) is 5.11 Å². The Balaban J connectivity index is 2.03. The van der Waals surface area contributed by atoms with E-state index >= 15 is 0 Å². The molecule has 1 N–H and O–H groups in total. The number of aromatic nitrogens is 1. The fourth-order valence-corrected chi connectivity index (χ4v) is 2.56. The molecule has 3 nitrogen and oxygen atoms in total. The molecule has 1 atom stereocenters. The number of hydrogen-bond donors (Lipinski definition) is 1. The first-order valence-corrected chi connectivity index (χ1v) is 6.21. The first kappa shape index (κ1) is 11.5. The minimum Gasteiger partial charge on any atom is -0.390 e. The number of benzene rings is 1. The van der Waals surface area contributed by atoms with E-state index in [-0.39, 0.29) is 0 Å². The number of rotatable bonds is 5. The van der Waals surface area contributed by atoms with E-state index in [2.05, 4.69) is 4.98 Å². The summed E-state index contributed by atoms with van der Waals surface area (Å²) in [5.74, 6) is 0. The Labute approximate surface area is 98.7 Å². The van der Waals surface area contributed by atoms with Gasteiger partial charge in [-0.1, -0.05) is 12.1 Å². The second kappa shape index (κ2) is 5.39. The first-order valence-electron chi connectivity index (χ1n) is 5.40. The molecule has 0 amide bonds. The van der Waals surface area contributed by atoms with Gasteiger partial charge in [0.15, 0.2) is 0 Å². The largest absolute Gasteiger partial charge is 0.390 e. The van der Waals surface area contributed by atoms with Gasteiger partial charge in [0, 0.05) is 13.0 Å². The summed E-state index contributed by atoms with van der Waals surface area (Å²) in [5, 5.41) is 10.7. The van der Waals surface area contributed by atoms with Crippen molar-refractivity contribution >= 4 is 21.6 Å². The third-order valence-corrected chi connectivity index (χ3v) is 3.32. The second-order valence-electron chi connectivity index (χ2n) is 3.59. The van der Waals surface area contributed by atoms with E-state index in [1.54, 1.807) is 11.3 Å². The highest BCUT2D eigenvalue weighted by Crippen LogP contribution is 2.22. The van der Waals surface area contributed by atoms with Crippen molar-refractivity contribution in [2.45, 2.75) is 19.4 Å². The molecule has 0 aliphatic carbocycles. The van der Waals surface area contributed by atoms with Gasteiger partial charge in [0.1, 0.15) is 0 Å².